The first kappa shape index (κ1) is 75.9. The van der Waals surface area contributed by atoms with Gasteiger partial charge in [-0.1, -0.05) is 102 Å². The molecule has 0 saturated heterocycles. The minimum atomic E-state index is -1.60. The van der Waals surface area contributed by atoms with Crippen LogP contribution in [0.25, 0.3) is 0 Å². The van der Waals surface area contributed by atoms with E-state index in [-0.39, 0.29) is 61.3 Å². The van der Waals surface area contributed by atoms with Crippen molar-refractivity contribution < 1.29 is 57.8 Å². The molecule has 0 aliphatic rings. The SMILES string of the molecule is C/C=C/C[C@@H](C)[C@H](O)C(C(=O)N[C@H](CC)C(=O)N(C)CC(=O)N(C)[C@@H](CC(C)C)C(N)=O)N(C)C(=O)[C@H](C(C)C)N(C)C(=O)[C@@H](CC(C)C)N(C)C(=O)[C@H](CC(C)C)N(C)C(=O)[C@H](C)NC(=O)[C@@H](C)NC(=O)CN(C)C(=O)[C@H](C)C(C)C. The quantitative estimate of drug-likeness (QED) is 0.0581. The zero-order valence-electron chi connectivity index (χ0n) is 54.0. The molecule has 11 atom stereocenters. The molecule has 0 saturated carbocycles. The summed E-state index contributed by atoms with van der Waals surface area (Å²) in [5.74, 6) is -8.48. The van der Waals surface area contributed by atoms with Crippen LogP contribution in [0.4, 0.5) is 0 Å². The zero-order valence-corrected chi connectivity index (χ0v) is 54.0. The maximum Gasteiger partial charge on any atom is 0.246 e. The zero-order chi connectivity index (χ0) is 64.1. The van der Waals surface area contributed by atoms with Crippen LogP contribution in [0, 0.1) is 41.4 Å². The predicted octanol–water partition coefficient (Wildman–Crippen LogP) is 2.48. The van der Waals surface area contributed by atoms with Gasteiger partial charge in [-0.3, -0.25) is 52.7 Å². The summed E-state index contributed by atoms with van der Waals surface area (Å²) in [6.07, 6.45) is 3.08. The van der Waals surface area contributed by atoms with Crippen molar-refractivity contribution in [1.29, 1.82) is 0 Å². The molecule has 0 aromatic rings. The van der Waals surface area contributed by atoms with E-state index in [2.05, 4.69) is 16.0 Å². The summed E-state index contributed by atoms with van der Waals surface area (Å²) in [7, 11) is 9.97. The van der Waals surface area contributed by atoms with Crippen molar-refractivity contribution in [3.05, 3.63) is 12.2 Å². The third-order valence-corrected chi connectivity index (χ3v) is 15.2. The second-order valence-corrected chi connectivity index (χ2v) is 24.5. The van der Waals surface area contributed by atoms with Crippen molar-refractivity contribution in [2.45, 2.75) is 197 Å². The Kier molecular flexibility index (Phi) is 32.5. The highest BCUT2D eigenvalue weighted by Gasteiger charge is 2.45. The summed E-state index contributed by atoms with van der Waals surface area (Å²) >= 11 is 0. The Morgan fingerprint density at radius 1 is 0.488 bits per heavy atom. The van der Waals surface area contributed by atoms with Crippen LogP contribution in [0.1, 0.15) is 143 Å². The molecule has 11 amide bonds. The maximum atomic E-state index is 15.0. The monoisotopic (exact) mass is 1160 g/mol. The number of amides is 11. The highest BCUT2D eigenvalue weighted by atomic mass is 16.3. The minimum absolute atomic E-state index is 0.0380. The molecule has 0 radical (unpaired) electrons. The lowest BCUT2D eigenvalue weighted by atomic mass is 9.91. The van der Waals surface area contributed by atoms with E-state index >= 15 is 9.59 Å². The summed E-state index contributed by atoms with van der Waals surface area (Å²) in [5.41, 5.74) is 5.62. The molecular formula is C59H107N11O12. The van der Waals surface area contributed by atoms with E-state index < -0.39 is 132 Å². The van der Waals surface area contributed by atoms with Gasteiger partial charge in [0.15, 0.2) is 0 Å². The second-order valence-electron chi connectivity index (χ2n) is 24.5. The number of primary amides is 1. The lowest BCUT2D eigenvalue weighted by Gasteiger charge is -2.41. The van der Waals surface area contributed by atoms with E-state index in [0.29, 0.717) is 12.8 Å². The number of rotatable bonds is 34. The van der Waals surface area contributed by atoms with Crippen LogP contribution in [0.15, 0.2) is 12.2 Å². The molecule has 23 nitrogen and oxygen atoms in total. The Morgan fingerprint density at radius 2 is 0.939 bits per heavy atom. The number of carbonyl (C=O) groups excluding carboxylic acids is 11. The normalized spacial score (nSPS) is 15.7. The summed E-state index contributed by atoms with van der Waals surface area (Å²) in [6.45, 7) is 27.6. The van der Waals surface area contributed by atoms with Gasteiger partial charge >= 0.3 is 0 Å². The molecule has 1 unspecified atom stereocenters. The van der Waals surface area contributed by atoms with E-state index in [0.717, 1.165) is 9.80 Å². The van der Waals surface area contributed by atoms with E-state index in [1.54, 1.807) is 53.7 Å². The number of allylic oxidation sites excluding steroid dienone is 2. The number of nitrogens with two attached hydrogens (primary N) is 1. The van der Waals surface area contributed by atoms with Gasteiger partial charge in [0.2, 0.25) is 65.0 Å². The lowest BCUT2D eigenvalue weighted by molar-refractivity contribution is -0.157. The van der Waals surface area contributed by atoms with E-state index in [4.69, 9.17) is 5.73 Å². The topological polar surface area (TPSA) is 293 Å². The third-order valence-electron chi connectivity index (χ3n) is 15.2. The Morgan fingerprint density at radius 3 is 1.38 bits per heavy atom. The molecule has 0 fully saturated rings. The van der Waals surface area contributed by atoms with Gasteiger partial charge in [0, 0.05) is 55.3 Å². The van der Waals surface area contributed by atoms with Crippen LogP contribution in [0.5, 0.6) is 0 Å². The Bertz CT molecular complexity index is 2200. The molecular weight excluding hydrogens is 1050 g/mol. The van der Waals surface area contributed by atoms with Crippen LogP contribution in [-0.2, 0) is 52.7 Å². The van der Waals surface area contributed by atoms with Gasteiger partial charge in [0.1, 0.15) is 48.3 Å². The molecule has 82 heavy (non-hydrogen) atoms. The molecule has 0 bridgehead atoms. The third kappa shape index (κ3) is 22.6. The highest BCUT2D eigenvalue weighted by molar-refractivity contribution is 5.98. The van der Waals surface area contributed by atoms with E-state index in [1.165, 1.54) is 87.7 Å². The number of nitrogens with zero attached hydrogens (tertiary/aromatic N) is 7. The van der Waals surface area contributed by atoms with Crippen LogP contribution in [-0.4, -0.2) is 221 Å². The van der Waals surface area contributed by atoms with Crippen LogP contribution in [0.2, 0.25) is 0 Å². The predicted molar refractivity (Wildman–Crippen MR) is 316 cm³/mol. The Labute approximate surface area is 490 Å². The van der Waals surface area contributed by atoms with Gasteiger partial charge in [0.25, 0.3) is 0 Å². The van der Waals surface area contributed by atoms with E-state index in [9.17, 15) is 48.3 Å². The standard InChI is InChI=1S/C59H107N11O12/c1-24-26-27-38(13)50(73)49(53(76)63-42(25-2)56(79)65(18)32-47(72)66(19)43(51(60)74)28-33(3)4)70(23)59(82)48(37(11)12)69(22)58(81)45(30-35(7)8)68(21)57(80)44(29-34(5)6)67(20)55(78)41(16)62-52(75)40(15)61-46(71)31-64(17)54(77)39(14)36(9)10/h24,26,33-45,48-50,73H,25,27-32H2,1-23H3,(H2,60,74)(H,61,71)(H,62,75)(H,63,76)/b26-24+/t38-,39-,40-,41+,42-,43+,44+,45-,48+,49?,50+/m1/s1. The number of nitrogens with one attached hydrogen (secondary N) is 3. The van der Waals surface area contributed by atoms with Crippen molar-refractivity contribution in [3.63, 3.8) is 0 Å². The number of aliphatic hydroxyl groups is 1. The van der Waals surface area contributed by atoms with Crippen molar-refractivity contribution in [2.24, 2.45) is 47.2 Å². The maximum absolute atomic E-state index is 15.0. The summed E-state index contributed by atoms with van der Waals surface area (Å²) in [6, 6.07) is -9.52. The molecule has 470 valence electrons. The summed E-state index contributed by atoms with van der Waals surface area (Å²) in [4.78, 5) is 161. The van der Waals surface area contributed by atoms with Crippen molar-refractivity contribution in [1.82, 2.24) is 50.2 Å². The second kappa shape index (κ2) is 35.1. The molecule has 0 heterocycles. The molecule has 23 heteroatoms. The number of hydrogen-bond donors (Lipinski definition) is 5. The minimum Gasteiger partial charge on any atom is -0.390 e. The van der Waals surface area contributed by atoms with Gasteiger partial charge < -0.3 is 61.1 Å². The van der Waals surface area contributed by atoms with Crippen LogP contribution >= 0.6 is 0 Å². The number of hydrogen-bond acceptors (Lipinski definition) is 12. The summed E-state index contributed by atoms with van der Waals surface area (Å²) < 4.78 is 0. The fraction of sp³-hybridized carbons (Fsp3) is 0.780. The van der Waals surface area contributed by atoms with Crippen LogP contribution < -0.4 is 21.7 Å². The average Bonchev–Trinajstić information content (AvgIpc) is 3.39. The fourth-order valence-corrected chi connectivity index (χ4v) is 9.59. The van der Waals surface area contributed by atoms with Gasteiger partial charge in [-0.15, -0.1) is 0 Å². The molecule has 0 aliphatic heterocycles. The molecule has 0 rings (SSSR count). The fourth-order valence-electron chi connectivity index (χ4n) is 9.59. The molecule has 0 aliphatic carbocycles. The van der Waals surface area contributed by atoms with E-state index in [1.807, 2.05) is 55.4 Å². The first-order chi connectivity index (χ1) is 37.7. The van der Waals surface area contributed by atoms with Gasteiger partial charge in [-0.2, -0.15) is 0 Å². The van der Waals surface area contributed by atoms with Gasteiger partial charge in [-0.05, 0) is 88.4 Å². The van der Waals surface area contributed by atoms with Crippen molar-refractivity contribution in [2.75, 3.05) is 62.4 Å². The first-order valence-corrected chi connectivity index (χ1v) is 29.0. The first-order valence-electron chi connectivity index (χ1n) is 29.0. The van der Waals surface area contributed by atoms with Crippen molar-refractivity contribution >= 4 is 65.0 Å². The van der Waals surface area contributed by atoms with Gasteiger partial charge in [0.05, 0.1) is 19.2 Å². The smallest absolute Gasteiger partial charge is 0.246 e. The largest absolute Gasteiger partial charge is 0.390 e. The number of likely N-dealkylation sites (N-methyl/N-ethyl adjacent to an activating group) is 7. The molecule has 0 spiro atoms. The number of carbonyl (C=O) groups is 11. The Balaban J connectivity index is 6.96. The average molecular weight is 1160 g/mol. The van der Waals surface area contributed by atoms with Gasteiger partial charge in [-0.25, -0.2) is 0 Å². The van der Waals surface area contributed by atoms with Crippen LogP contribution in [0.3, 0.4) is 0 Å². The molecule has 0 aromatic carbocycles. The highest BCUT2D eigenvalue weighted by Crippen LogP contribution is 2.25. The molecule has 0 aromatic heterocycles. The lowest BCUT2D eigenvalue weighted by Crippen LogP contribution is -2.63. The molecule has 6 N–H and O–H groups in total. The number of aliphatic hydroxyl groups excluding tert-OH is 1. The summed E-state index contributed by atoms with van der Waals surface area (Å²) in [5, 5.41) is 19.9. The Hall–Kier alpha value is -6.13. The van der Waals surface area contributed by atoms with Crippen molar-refractivity contribution in [3.8, 4) is 0 Å².